The summed E-state index contributed by atoms with van der Waals surface area (Å²) in [5, 5.41) is 8.65. The third-order valence-electron chi connectivity index (χ3n) is 4.25. The number of benzene rings is 2. The van der Waals surface area contributed by atoms with Crippen LogP contribution in [0.5, 0.6) is 5.75 Å². The largest absolute Gasteiger partial charge is 0.493 e. The van der Waals surface area contributed by atoms with Gasteiger partial charge < -0.3 is 15.4 Å². The molecule has 0 saturated carbocycles. The van der Waals surface area contributed by atoms with Crippen molar-refractivity contribution < 1.29 is 14.3 Å². The molecule has 30 heavy (non-hydrogen) atoms. The van der Waals surface area contributed by atoms with E-state index < -0.39 is 0 Å². The predicted molar refractivity (Wildman–Crippen MR) is 125 cm³/mol. The van der Waals surface area contributed by atoms with Gasteiger partial charge in [0.1, 0.15) is 5.75 Å². The topological polar surface area (TPSA) is 79.5 Å². The van der Waals surface area contributed by atoms with Crippen LogP contribution in [0, 0.1) is 11.8 Å². The van der Waals surface area contributed by atoms with Crippen molar-refractivity contribution in [3.63, 3.8) is 0 Å². The Bertz CT molecular complexity index is 880. The molecule has 2 amide bonds. The van der Waals surface area contributed by atoms with E-state index in [4.69, 9.17) is 17.0 Å². The van der Waals surface area contributed by atoms with Crippen LogP contribution in [0.1, 0.15) is 44.5 Å². The van der Waals surface area contributed by atoms with Gasteiger partial charge in [-0.15, -0.1) is 0 Å². The standard InChI is InChI=1S/C23H29N3O3S/c1-15(2)13-14-29-20-8-6-5-7-19(20)22(28)26-23(30)25-18-11-9-17(10-12-18)24-21(27)16(3)4/h5-12,15-16H,13-14H2,1-4H3,(H,24,27)(H2,25,26,28,30). The van der Waals surface area contributed by atoms with Crippen LogP contribution >= 0.6 is 12.2 Å². The number of ether oxygens (including phenoxy) is 1. The SMILES string of the molecule is CC(C)CCOc1ccccc1C(=O)NC(=S)Nc1ccc(NC(=O)C(C)C)cc1. The molecule has 3 N–H and O–H groups in total. The molecule has 0 fully saturated rings. The van der Waals surface area contributed by atoms with Crippen LogP contribution in [-0.4, -0.2) is 23.5 Å². The summed E-state index contributed by atoms with van der Waals surface area (Å²) in [6, 6.07) is 14.2. The lowest BCUT2D eigenvalue weighted by molar-refractivity contribution is -0.118. The zero-order valence-electron chi connectivity index (χ0n) is 17.8. The third-order valence-corrected chi connectivity index (χ3v) is 4.45. The van der Waals surface area contributed by atoms with Crippen LogP contribution in [0.25, 0.3) is 0 Å². The molecule has 2 rings (SSSR count). The maximum atomic E-state index is 12.6. The smallest absolute Gasteiger partial charge is 0.261 e. The normalized spacial score (nSPS) is 10.6. The fourth-order valence-corrected chi connectivity index (χ4v) is 2.65. The van der Waals surface area contributed by atoms with Crippen LogP contribution in [0.15, 0.2) is 48.5 Å². The molecule has 160 valence electrons. The summed E-state index contributed by atoms with van der Waals surface area (Å²) in [5.74, 6) is 0.570. The van der Waals surface area contributed by atoms with Crippen LogP contribution < -0.4 is 20.7 Å². The fourth-order valence-electron chi connectivity index (χ4n) is 2.44. The quantitative estimate of drug-likeness (QED) is 0.526. The molecule has 0 aliphatic heterocycles. The van der Waals surface area contributed by atoms with E-state index >= 15 is 0 Å². The molecule has 0 aromatic heterocycles. The van der Waals surface area contributed by atoms with E-state index in [1.165, 1.54) is 0 Å². The van der Waals surface area contributed by atoms with E-state index in [0.29, 0.717) is 35.2 Å². The van der Waals surface area contributed by atoms with Gasteiger partial charge in [0.15, 0.2) is 5.11 Å². The van der Waals surface area contributed by atoms with Gasteiger partial charge in [-0.05, 0) is 61.0 Å². The van der Waals surface area contributed by atoms with Gasteiger partial charge in [-0.1, -0.05) is 39.8 Å². The Labute approximate surface area is 183 Å². The second kappa shape index (κ2) is 11.3. The van der Waals surface area contributed by atoms with Gasteiger partial charge in [0.05, 0.1) is 12.2 Å². The number of hydrogen-bond donors (Lipinski definition) is 3. The minimum Gasteiger partial charge on any atom is -0.493 e. The summed E-state index contributed by atoms with van der Waals surface area (Å²) in [4.78, 5) is 24.4. The Morgan fingerprint density at radius 3 is 2.13 bits per heavy atom. The van der Waals surface area contributed by atoms with Gasteiger partial charge in [0, 0.05) is 17.3 Å². The molecule has 0 aliphatic carbocycles. The number of anilines is 2. The highest BCUT2D eigenvalue weighted by atomic mass is 32.1. The van der Waals surface area contributed by atoms with Crippen molar-refractivity contribution in [2.75, 3.05) is 17.2 Å². The summed E-state index contributed by atoms with van der Waals surface area (Å²) in [5.41, 5.74) is 1.82. The van der Waals surface area contributed by atoms with E-state index in [0.717, 1.165) is 6.42 Å². The van der Waals surface area contributed by atoms with E-state index in [1.807, 2.05) is 19.9 Å². The first kappa shape index (κ1) is 23.3. The van der Waals surface area contributed by atoms with Crippen molar-refractivity contribution in [3.8, 4) is 5.75 Å². The first-order chi connectivity index (χ1) is 14.3. The molecule has 7 heteroatoms. The molecule has 0 heterocycles. The van der Waals surface area contributed by atoms with Gasteiger partial charge >= 0.3 is 0 Å². The van der Waals surface area contributed by atoms with Gasteiger partial charge in [0.2, 0.25) is 5.91 Å². The Morgan fingerprint density at radius 2 is 1.53 bits per heavy atom. The molecule has 0 aliphatic rings. The Balaban J connectivity index is 1.93. The minimum absolute atomic E-state index is 0.0484. The highest BCUT2D eigenvalue weighted by Crippen LogP contribution is 2.19. The highest BCUT2D eigenvalue weighted by molar-refractivity contribution is 7.80. The van der Waals surface area contributed by atoms with Gasteiger partial charge in [-0.3, -0.25) is 14.9 Å². The zero-order valence-corrected chi connectivity index (χ0v) is 18.6. The summed E-state index contributed by atoms with van der Waals surface area (Å²) in [7, 11) is 0. The van der Waals surface area contributed by atoms with Crippen LogP contribution in [0.2, 0.25) is 0 Å². The number of amides is 2. The predicted octanol–water partition coefficient (Wildman–Crippen LogP) is 4.83. The number of para-hydroxylation sites is 1. The molecule has 0 bridgehead atoms. The van der Waals surface area contributed by atoms with Gasteiger partial charge in [-0.25, -0.2) is 0 Å². The van der Waals surface area contributed by atoms with Crippen molar-refractivity contribution in [3.05, 3.63) is 54.1 Å². The molecule has 0 saturated heterocycles. The average Bonchev–Trinajstić information content (AvgIpc) is 2.69. The molecular weight excluding hydrogens is 398 g/mol. The second-order valence-corrected chi connectivity index (χ2v) is 8.06. The van der Waals surface area contributed by atoms with Gasteiger partial charge in [-0.2, -0.15) is 0 Å². The highest BCUT2D eigenvalue weighted by Gasteiger charge is 2.14. The summed E-state index contributed by atoms with van der Waals surface area (Å²) < 4.78 is 5.77. The molecule has 2 aromatic carbocycles. The molecule has 6 nitrogen and oxygen atoms in total. The van der Waals surface area contributed by atoms with Crippen molar-refractivity contribution >= 4 is 40.5 Å². The maximum Gasteiger partial charge on any atom is 0.261 e. The van der Waals surface area contributed by atoms with Crippen molar-refractivity contribution in [1.82, 2.24) is 5.32 Å². The van der Waals surface area contributed by atoms with Crippen molar-refractivity contribution in [2.45, 2.75) is 34.1 Å². The molecule has 0 spiro atoms. The zero-order chi connectivity index (χ0) is 22.1. The number of carbonyl (C=O) groups is 2. The maximum absolute atomic E-state index is 12.6. The second-order valence-electron chi connectivity index (χ2n) is 7.66. The molecule has 2 aromatic rings. The summed E-state index contributed by atoms with van der Waals surface area (Å²) in [6.07, 6.45) is 0.906. The molecule has 0 radical (unpaired) electrons. The van der Waals surface area contributed by atoms with E-state index in [9.17, 15) is 9.59 Å². The first-order valence-electron chi connectivity index (χ1n) is 10.0. The van der Waals surface area contributed by atoms with Crippen LogP contribution in [0.4, 0.5) is 11.4 Å². The third kappa shape index (κ3) is 7.48. The number of rotatable bonds is 8. The summed E-state index contributed by atoms with van der Waals surface area (Å²) >= 11 is 5.26. The minimum atomic E-state index is -0.339. The summed E-state index contributed by atoms with van der Waals surface area (Å²) in [6.45, 7) is 8.46. The first-order valence-corrected chi connectivity index (χ1v) is 10.4. The van der Waals surface area contributed by atoms with Gasteiger partial charge in [0.25, 0.3) is 5.91 Å². The Kier molecular flexibility index (Phi) is 8.80. The average molecular weight is 428 g/mol. The fraction of sp³-hybridized carbons (Fsp3) is 0.348. The Hall–Kier alpha value is -2.93. The number of thiocarbonyl (C=S) groups is 1. The van der Waals surface area contributed by atoms with E-state index in [2.05, 4.69) is 29.8 Å². The van der Waals surface area contributed by atoms with Crippen LogP contribution in [0.3, 0.4) is 0 Å². The Morgan fingerprint density at radius 1 is 0.933 bits per heavy atom. The lowest BCUT2D eigenvalue weighted by Crippen LogP contribution is -2.34. The lowest BCUT2D eigenvalue weighted by atomic mass is 10.1. The van der Waals surface area contributed by atoms with Crippen molar-refractivity contribution in [2.24, 2.45) is 11.8 Å². The number of carbonyl (C=O) groups excluding carboxylic acids is 2. The lowest BCUT2D eigenvalue weighted by Gasteiger charge is -2.14. The molecule has 0 atom stereocenters. The van der Waals surface area contributed by atoms with E-state index in [-0.39, 0.29) is 22.8 Å². The van der Waals surface area contributed by atoms with Crippen molar-refractivity contribution in [1.29, 1.82) is 0 Å². The van der Waals surface area contributed by atoms with E-state index in [1.54, 1.807) is 42.5 Å². The monoisotopic (exact) mass is 427 g/mol. The molecular formula is C23H29N3O3S. The number of nitrogens with one attached hydrogen (secondary N) is 3. The van der Waals surface area contributed by atoms with Crippen LogP contribution in [-0.2, 0) is 4.79 Å². The number of hydrogen-bond acceptors (Lipinski definition) is 4. The molecule has 0 unspecified atom stereocenters.